The fourth-order valence-corrected chi connectivity index (χ4v) is 2.86. The molecule has 5 nitrogen and oxygen atoms in total. The third-order valence-electron chi connectivity index (χ3n) is 4.20. The minimum absolute atomic E-state index is 0.132. The van der Waals surface area contributed by atoms with Crippen molar-refractivity contribution in [1.29, 1.82) is 0 Å². The zero-order valence-electron chi connectivity index (χ0n) is 12.0. The molecular weight excluding hydrogens is 268 g/mol. The van der Waals surface area contributed by atoms with Gasteiger partial charge in [-0.15, -0.1) is 0 Å². The summed E-state index contributed by atoms with van der Waals surface area (Å²) in [5.74, 6) is -1.41. The van der Waals surface area contributed by atoms with E-state index in [-0.39, 0.29) is 13.1 Å². The van der Waals surface area contributed by atoms with Crippen molar-refractivity contribution in [2.75, 3.05) is 39.8 Å². The molecule has 3 aliphatic heterocycles. The van der Waals surface area contributed by atoms with E-state index in [0.717, 1.165) is 12.0 Å². The smallest absolute Gasteiger partial charge is 0.272 e. The molecule has 7 heteroatoms. The van der Waals surface area contributed by atoms with E-state index in [2.05, 4.69) is 22.6 Å². The van der Waals surface area contributed by atoms with Crippen molar-refractivity contribution in [1.82, 2.24) is 15.5 Å². The SMILES string of the molecule is CN1CCC(C2CCCN2)CC1.FC1(F)CNC1.O=O. The highest BCUT2D eigenvalue weighted by molar-refractivity contribution is 4.84. The van der Waals surface area contributed by atoms with Crippen LogP contribution in [-0.2, 0) is 0 Å². The van der Waals surface area contributed by atoms with Crippen LogP contribution in [0, 0.1) is 15.8 Å². The number of rotatable bonds is 1. The second-order valence-corrected chi connectivity index (χ2v) is 5.80. The molecule has 0 spiro atoms. The summed E-state index contributed by atoms with van der Waals surface area (Å²) in [5.41, 5.74) is 0. The number of nitrogens with zero attached hydrogens (tertiary/aromatic N) is 1. The molecule has 0 saturated carbocycles. The molecule has 2 N–H and O–H groups in total. The highest BCUT2D eigenvalue weighted by Crippen LogP contribution is 2.24. The molecule has 0 bridgehead atoms. The lowest BCUT2D eigenvalue weighted by atomic mass is 9.89. The predicted octanol–water partition coefficient (Wildman–Crippen LogP) is 1.37. The Balaban J connectivity index is 0.000000211. The Bertz CT molecular complexity index is 262. The largest absolute Gasteiger partial charge is 0.314 e. The molecule has 0 aromatic carbocycles. The lowest BCUT2D eigenvalue weighted by Crippen LogP contribution is -2.52. The van der Waals surface area contributed by atoms with E-state index in [1.807, 2.05) is 0 Å². The summed E-state index contributed by atoms with van der Waals surface area (Å²) in [6.07, 6.45) is 5.65. The molecule has 3 saturated heterocycles. The quantitative estimate of drug-likeness (QED) is 0.764. The van der Waals surface area contributed by atoms with E-state index in [1.54, 1.807) is 0 Å². The van der Waals surface area contributed by atoms with Crippen LogP contribution in [-0.4, -0.2) is 56.6 Å². The van der Waals surface area contributed by atoms with Gasteiger partial charge in [0.15, 0.2) is 0 Å². The number of piperidine rings is 1. The average molecular weight is 293 g/mol. The maximum Gasteiger partial charge on any atom is 0.272 e. The molecular formula is C13H25F2N3O2. The molecule has 0 radical (unpaired) electrons. The first kappa shape index (κ1) is 17.4. The van der Waals surface area contributed by atoms with Crippen LogP contribution < -0.4 is 10.6 Å². The van der Waals surface area contributed by atoms with Crippen LogP contribution in [0.25, 0.3) is 0 Å². The van der Waals surface area contributed by atoms with E-state index in [9.17, 15) is 8.78 Å². The maximum absolute atomic E-state index is 11.5. The Hall–Kier alpha value is -0.660. The molecule has 1 atom stereocenters. The fourth-order valence-electron chi connectivity index (χ4n) is 2.86. The molecule has 0 amide bonds. The highest BCUT2D eigenvalue weighted by Gasteiger charge is 2.36. The van der Waals surface area contributed by atoms with Crippen LogP contribution in [0.3, 0.4) is 0 Å². The minimum Gasteiger partial charge on any atom is -0.314 e. The van der Waals surface area contributed by atoms with Crippen LogP contribution in [0.4, 0.5) is 8.78 Å². The van der Waals surface area contributed by atoms with Gasteiger partial charge in [-0.25, -0.2) is 8.78 Å². The molecule has 3 heterocycles. The number of likely N-dealkylation sites (tertiary alicyclic amines) is 1. The van der Waals surface area contributed by atoms with Crippen molar-refractivity contribution in [3.05, 3.63) is 9.93 Å². The van der Waals surface area contributed by atoms with Gasteiger partial charge in [0.2, 0.25) is 0 Å². The standard InChI is InChI=1S/C10H20N2.C3H5F2N.O2/c1-12-7-4-9(5-8-12)10-3-2-6-11-10;4-3(5)1-6-2-3;1-2/h9-11H,2-8H2,1H3;6H,1-2H2;. The lowest BCUT2D eigenvalue weighted by Gasteiger charge is -2.32. The molecule has 0 aromatic heterocycles. The second kappa shape index (κ2) is 8.59. The summed E-state index contributed by atoms with van der Waals surface area (Å²) >= 11 is 0. The molecule has 3 fully saturated rings. The van der Waals surface area contributed by atoms with Crippen molar-refractivity contribution < 1.29 is 8.78 Å². The van der Waals surface area contributed by atoms with Crippen molar-refractivity contribution in [3.63, 3.8) is 0 Å². The fraction of sp³-hybridized carbons (Fsp3) is 1.00. The van der Waals surface area contributed by atoms with Crippen LogP contribution in [0.1, 0.15) is 25.7 Å². The van der Waals surface area contributed by atoms with Gasteiger partial charge in [0, 0.05) is 16.0 Å². The van der Waals surface area contributed by atoms with Crippen LogP contribution in [0.15, 0.2) is 0 Å². The first-order valence-corrected chi connectivity index (χ1v) is 7.24. The van der Waals surface area contributed by atoms with Gasteiger partial charge < -0.3 is 15.5 Å². The number of hydrogen-bond donors (Lipinski definition) is 2. The minimum atomic E-state index is -2.39. The summed E-state index contributed by atoms with van der Waals surface area (Å²) < 4.78 is 23.0. The molecule has 20 heavy (non-hydrogen) atoms. The number of halogens is 2. The van der Waals surface area contributed by atoms with E-state index in [1.165, 1.54) is 45.3 Å². The van der Waals surface area contributed by atoms with Gasteiger partial charge in [0.25, 0.3) is 5.92 Å². The van der Waals surface area contributed by atoms with E-state index >= 15 is 0 Å². The second-order valence-electron chi connectivity index (χ2n) is 5.80. The summed E-state index contributed by atoms with van der Waals surface area (Å²) in [5, 5.41) is 6.07. The van der Waals surface area contributed by atoms with Gasteiger partial charge >= 0.3 is 0 Å². The van der Waals surface area contributed by atoms with Gasteiger partial charge in [-0.1, -0.05) is 0 Å². The molecule has 0 aliphatic carbocycles. The Labute approximate surface area is 118 Å². The van der Waals surface area contributed by atoms with Gasteiger partial charge in [-0.05, 0) is 58.3 Å². The van der Waals surface area contributed by atoms with Gasteiger partial charge in [0.1, 0.15) is 0 Å². The Morgan fingerprint density at radius 3 is 2.00 bits per heavy atom. The first-order valence-electron chi connectivity index (χ1n) is 7.24. The van der Waals surface area contributed by atoms with E-state index in [4.69, 9.17) is 9.93 Å². The summed E-state index contributed by atoms with van der Waals surface area (Å²) in [6.45, 7) is 3.61. The molecule has 3 rings (SSSR count). The van der Waals surface area contributed by atoms with Crippen molar-refractivity contribution in [2.45, 2.75) is 37.6 Å². The van der Waals surface area contributed by atoms with Crippen molar-refractivity contribution in [3.8, 4) is 0 Å². The Kier molecular flexibility index (Phi) is 7.47. The number of nitrogens with one attached hydrogen (secondary N) is 2. The van der Waals surface area contributed by atoms with Crippen molar-refractivity contribution >= 4 is 0 Å². The van der Waals surface area contributed by atoms with Gasteiger partial charge in [-0.3, -0.25) is 0 Å². The van der Waals surface area contributed by atoms with Gasteiger partial charge in [0.05, 0.1) is 13.1 Å². The normalized spacial score (nSPS) is 29.4. The van der Waals surface area contributed by atoms with Crippen LogP contribution in [0.2, 0.25) is 0 Å². The summed E-state index contributed by atoms with van der Waals surface area (Å²) in [4.78, 5) is 16.4. The molecule has 3 aliphatic rings. The van der Waals surface area contributed by atoms with Crippen molar-refractivity contribution in [2.24, 2.45) is 5.92 Å². The monoisotopic (exact) mass is 293 g/mol. The Morgan fingerprint density at radius 1 is 1.10 bits per heavy atom. The summed E-state index contributed by atoms with van der Waals surface area (Å²) in [7, 11) is 2.23. The van der Waals surface area contributed by atoms with Crippen LogP contribution >= 0.6 is 0 Å². The van der Waals surface area contributed by atoms with Gasteiger partial charge in [-0.2, -0.15) is 0 Å². The predicted molar refractivity (Wildman–Crippen MR) is 75.8 cm³/mol. The average Bonchev–Trinajstić information content (AvgIpc) is 2.95. The molecule has 0 aromatic rings. The number of alkyl halides is 2. The van der Waals surface area contributed by atoms with E-state index in [0.29, 0.717) is 0 Å². The highest BCUT2D eigenvalue weighted by atomic mass is 19.3. The first-order chi connectivity index (χ1) is 9.57. The van der Waals surface area contributed by atoms with E-state index < -0.39 is 5.92 Å². The third kappa shape index (κ3) is 5.76. The lowest BCUT2D eigenvalue weighted by molar-refractivity contribution is -0.0475. The number of hydrogen-bond acceptors (Lipinski definition) is 5. The topological polar surface area (TPSA) is 61.4 Å². The Morgan fingerprint density at radius 2 is 1.65 bits per heavy atom. The summed E-state index contributed by atoms with van der Waals surface area (Å²) in [6, 6.07) is 0.860. The molecule has 1 unspecified atom stereocenters. The molecule has 118 valence electrons. The zero-order valence-corrected chi connectivity index (χ0v) is 12.0. The third-order valence-corrected chi connectivity index (χ3v) is 4.20. The maximum atomic E-state index is 11.5. The van der Waals surface area contributed by atoms with Crippen LogP contribution in [0.5, 0.6) is 0 Å². The zero-order chi connectivity index (χ0) is 15.0.